The highest BCUT2D eigenvalue weighted by Crippen LogP contribution is 2.56. The largest absolute Gasteiger partial charge is 0.228 e. The van der Waals surface area contributed by atoms with Crippen LogP contribution in [-0.2, 0) is 5.41 Å². The average Bonchev–Trinajstić information content (AvgIpc) is 3.89. The topological polar surface area (TPSA) is 25.8 Å². The Hall–Kier alpha value is -7.72. The number of hydrogen-bond acceptors (Lipinski definition) is 3. The average molecular weight is 807 g/mol. The Balaban J connectivity index is 1.04. The number of thiophene rings is 1. The fourth-order valence-electron chi connectivity index (χ4n) is 9.74. The summed E-state index contributed by atoms with van der Waals surface area (Å²) in [6.45, 7) is 0. The van der Waals surface area contributed by atoms with Crippen molar-refractivity contribution in [2.75, 3.05) is 0 Å². The highest BCUT2D eigenvalue weighted by molar-refractivity contribution is 7.26. The molecule has 0 unspecified atom stereocenters. The maximum absolute atomic E-state index is 5.41. The molecule has 2 nitrogen and oxygen atoms in total. The maximum Gasteiger partial charge on any atom is 0.160 e. The van der Waals surface area contributed by atoms with E-state index in [1.54, 1.807) is 0 Å². The van der Waals surface area contributed by atoms with Crippen LogP contribution in [0.2, 0.25) is 0 Å². The zero-order valence-electron chi connectivity index (χ0n) is 33.7. The number of aromatic nitrogens is 2. The Labute approximate surface area is 365 Å². The van der Waals surface area contributed by atoms with Crippen molar-refractivity contribution >= 4 is 31.5 Å². The molecule has 3 heteroatoms. The Morgan fingerprint density at radius 1 is 0.323 bits per heavy atom. The Morgan fingerprint density at radius 2 is 0.871 bits per heavy atom. The van der Waals surface area contributed by atoms with E-state index in [0.29, 0.717) is 5.82 Å². The van der Waals surface area contributed by atoms with Crippen molar-refractivity contribution in [3.8, 4) is 67.3 Å². The van der Waals surface area contributed by atoms with Gasteiger partial charge in [-0.3, -0.25) is 0 Å². The molecular formula is C59H38N2S. The van der Waals surface area contributed by atoms with E-state index in [-0.39, 0.29) is 0 Å². The first-order valence-corrected chi connectivity index (χ1v) is 22.0. The second-order valence-electron chi connectivity index (χ2n) is 16.1. The normalized spacial score (nSPS) is 12.6. The standard InChI is InChI=1S/C59H38N2S/c1-4-16-39(17-5-1)42-18-14-19-44(36-42)58-60-54(41-32-30-40(31-33-41)47-26-15-27-51-50-25-11-13-29-56(50)62-57(47)51)38-55(61-58)43-34-35-49-48-24-10-12-28-52(48)59(53(49)37-43,45-20-6-2-7-21-45)46-22-8-3-9-23-46/h1-38H. The van der Waals surface area contributed by atoms with Crippen LogP contribution >= 0.6 is 11.3 Å². The fraction of sp³-hybridized carbons (Fsp3) is 0.0169. The molecule has 1 aliphatic carbocycles. The van der Waals surface area contributed by atoms with Crippen LogP contribution in [-0.4, -0.2) is 9.97 Å². The molecule has 0 spiro atoms. The first-order valence-electron chi connectivity index (χ1n) is 21.1. The predicted molar refractivity (Wildman–Crippen MR) is 259 cm³/mol. The van der Waals surface area contributed by atoms with Crippen LogP contribution in [0.25, 0.3) is 87.5 Å². The van der Waals surface area contributed by atoms with E-state index in [9.17, 15) is 0 Å². The SMILES string of the molecule is c1ccc(-c2cccc(-c3nc(-c4ccc(-c5cccc6c5sc5ccccc56)cc4)cc(-c4ccc5c(c4)C(c4ccccc4)(c4ccccc4)c4ccccc4-5)n3)c2)cc1. The summed E-state index contributed by atoms with van der Waals surface area (Å²) in [6.07, 6.45) is 0. The summed E-state index contributed by atoms with van der Waals surface area (Å²) in [6, 6.07) is 83.3. The van der Waals surface area contributed by atoms with Gasteiger partial charge in [-0.1, -0.05) is 206 Å². The first-order chi connectivity index (χ1) is 30.7. The molecule has 290 valence electrons. The van der Waals surface area contributed by atoms with E-state index in [4.69, 9.17) is 9.97 Å². The maximum atomic E-state index is 5.41. The monoisotopic (exact) mass is 806 g/mol. The Bertz CT molecular complexity index is 3400. The molecule has 9 aromatic carbocycles. The Kier molecular flexibility index (Phi) is 8.62. The van der Waals surface area contributed by atoms with Gasteiger partial charge in [0.05, 0.1) is 16.8 Å². The van der Waals surface area contributed by atoms with Gasteiger partial charge >= 0.3 is 0 Å². The lowest BCUT2D eigenvalue weighted by molar-refractivity contribution is 0.768. The summed E-state index contributed by atoms with van der Waals surface area (Å²) in [5.41, 5.74) is 16.5. The van der Waals surface area contributed by atoms with Crippen molar-refractivity contribution in [2.24, 2.45) is 0 Å². The minimum atomic E-state index is -0.514. The molecule has 2 heterocycles. The van der Waals surface area contributed by atoms with E-state index < -0.39 is 5.41 Å². The number of fused-ring (bicyclic) bond motifs is 6. The van der Waals surface area contributed by atoms with Gasteiger partial charge in [-0.15, -0.1) is 11.3 Å². The van der Waals surface area contributed by atoms with Crippen LogP contribution in [0.1, 0.15) is 22.3 Å². The lowest BCUT2D eigenvalue weighted by atomic mass is 9.67. The van der Waals surface area contributed by atoms with Gasteiger partial charge < -0.3 is 0 Å². The molecule has 11 aromatic rings. The zero-order chi connectivity index (χ0) is 41.0. The van der Waals surface area contributed by atoms with Crippen molar-refractivity contribution in [1.29, 1.82) is 0 Å². The molecule has 62 heavy (non-hydrogen) atoms. The molecule has 12 rings (SSSR count). The molecule has 0 fully saturated rings. The highest BCUT2D eigenvalue weighted by Gasteiger charge is 2.46. The van der Waals surface area contributed by atoms with E-state index in [1.807, 2.05) is 11.3 Å². The van der Waals surface area contributed by atoms with Crippen LogP contribution in [0.3, 0.4) is 0 Å². The Morgan fingerprint density at radius 3 is 1.65 bits per heavy atom. The van der Waals surface area contributed by atoms with Crippen LogP contribution < -0.4 is 0 Å². The predicted octanol–water partition coefficient (Wildman–Crippen LogP) is 15.5. The van der Waals surface area contributed by atoms with Crippen molar-refractivity contribution in [3.05, 3.63) is 253 Å². The summed E-state index contributed by atoms with van der Waals surface area (Å²) in [5, 5.41) is 2.61. The second kappa shape index (κ2) is 14.8. The molecule has 0 saturated carbocycles. The minimum absolute atomic E-state index is 0.514. The van der Waals surface area contributed by atoms with Gasteiger partial charge in [0, 0.05) is 36.9 Å². The zero-order valence-corrected chi connectivity index (χ0v) is 34.6. The molecule has 0 atom stereocenters. The van der Waals surface area contributed by atoms with Crippen molar-refractivity contribution in [3.63, 3.8) is 0 Å². The van der Waals surface area contributed by atoms with Crippen molar-refractivity contribution in [2.45, 2.75) is 5.41 Å². The first kappa shape index (κ1) is 36.2. The number of rotatable bonds is 7. The summed E-state index contributed by atoms with van der Waals surface area (Å²) in [5.74, 6) is 0.690. The summed E-state index contributed by atoms with van der Waals surface area (Å²) in [4.78, 5) is 10.7. The lowest BCUT2D eigenvalue weighted by Crippen LogP contribution is -2.28. The van der Waals surface area contributed by atoms with Crippen LogP contribution in [0.15, 0.2) is 231 Å². The van der Waals surface area contributed by atoms with Crippen LogP contribution in [0, 0.1) is 0 Å². The third kappa shape index (κ3) is 5.85. The third-order valence-electron chi connectivity index (χ3n) is 12.6. The number of benzene rings is 9. The quantitative estimate of drug-likeness (QED) is 0.160. The van der Waals surface area contributed by atoms with Gasteiger partial charge in [-0.25, -0.2) is 9.97 Å². The van der Waals surface area contributed by atoms with Crippen molar-refractivity contribution < 1.29 is 0 Å². The molecule has 0 saturated heterocycles. The smallest absolute Gasteiger partial charge is 0.160 e. The molecular weight excluding hydrogens is 769 g/mol. The molecule has 0 bridgehead atoms. The fourth-order valence-corrected chi connectivity index (χ4v) is 11.0. The van der Waals surface area contributed by atoms with E-state index in [2.05, 4.69) is 231 Å². The molecule has 0 N–H and O–H groups in total. The molecule has 0 radical (unpaired) electrons. The third-order valence-corrected chi connectivity index (χ3v) is 13.8. The molecule has 0 aliphatic heterocycles. The molecule has 0 amide bonds. The molecule has 2 aromatic heterocycles. The second-order valence-corrected chi connectivity index (χ2v) is 17.1. The number of hydrogen-bond donors (Lipinski definition) is 0. The van der Waals surface area contributed by atoms with Gasteiger partial charge in [-0.2, -0.15) is 0 Å². The molecule has 1 aliphatic rings. The van der Waals surface area contributed by atoms with E-state index in [0.717, 1.165) is 39.2 Å². The minimum Gasteiger partial charge on any atom is -0.228 e. The van der Waals surface area contributed by atoms with Gasteiger partial charge in [-0.05, 0) is 79.9 Å². The van der Waals surface area contributed by atoms with Crippen LogP contribution in [0.4, 0.5) is 0 Å². The van der Waals surface area contributed by atoms with Crippen molar-refractivity contribution in [1.82, 2.24) is 9.97 Å². The number of nitrogens with zero attached hydrogens (tertiary/aromatic N) is 2. The van der Waals surface area contributed by atoms with Gasteiger partial charge in [0.1, 0.15) is 0 Å². The van der Waals surface area contributed by atoms with E-state index >= 15 is 0 Å². The van der Waals surface area contributed by atoms with E-state index in [1.165, 1.54) is 64.7 Å². The summed E-state index contributed by atoms with van der Waals surface area (Å²) >= 11 is 1.86. The van der Waals surface area contributed by atoms with Crippen LogP contribution in [0.5, 0.6) is 0 Å². The highest BCUT2D eigenvalue weighted by atomic mass is 32.1. The van der Waals surface area contributed by atoms with Gasteiger partial charge in [0.25, 0.3) is 0 Å². The summed E-state index contributed by atoms with van der Waals surface area (Å²) < 4.78 is 2.62. The summed E-state index contributed by atoms with van der Waals surface area (Å²) in [7, 11) is 0. The lowest BCUT2D eigenvalue weighted by Gasteiger charge is -2.34. The van der Waals surface area contributed by atoms with Gasteiger partial charge in [0.2, 0.25) is 0 Å². The van der Waals surface area contributed by atoms with Gasteiger partial charge in [0.15, 0.2) is 5.82 Å².